The number of hydrogen-bond donors (Lipinski definition) is 1. The summed E-state index contributed by atoms with van der Waals surface area (Å²) in [5, 5.41) is 19.4. The summed E-state index contributed by atoms with van der Waals surface area (Å²) in [6.45, 7) is 2.06. The van der Waals surface area contributed by atoms with Crippen molar-refractivity contribution in [3.63, 3.8) is 0 Å². The summed E-state index contributed by atoms with van der Waals surface area (Å²) in [5.41, 5.74) is 0.943. The zero-order valence-corrected chi connectivity index (χ0v) is 11.3. The molecule has 2 aliphatic heterocycles. The van der Waals surface area contributed by atoms with E-state index in [4.69, 9.17) is 0 Å². The topological polar surface area (TPSA) is 54.2 Å². The number of nitrogens with zero attached hydrogens (tertiary/aromatic N) is 4. The maximum Gasteiger partial charge on any atom is 0.125 e. The number of benzene rings is 1. The lowest BCUT2D eigenvalue weighted by Gasteiger charge is -2.29. The van der Waals surface area contributed by atoms with Crippen molar-refractivity contribution in [2.75, 3.05) is 13.1 Å². The van der Waals surface area contributed by atoms with E-state index in [0.29, 0.717) is 0 Å². The summed E-state index contributed by atoms with van der Waals surface area (Å²) in [4.78, 5) is 2.39. The third-order valence-corrected chi connectivity index (χ3v) is 4.69. The zero-order valence-electron chi connectivity index (χ0n) is 11.3. The molecule has 2 atom stereocenters. The van der Waals surface area contributed by atoms with E-state index in [-0.39, 0.29) is 6.04 Å². The Balaban J connectivity index is 1.78. The van der Waals surface area contributed by atoms with Gasteiger partial charge in [0, 0.05) is 12.6 Å². The molecule has 0 bridgehead atoms. The highest BCUT2D eigenvalue weighted by Crippen LogP contribution is 2.42. The maximum atomic E-state index is 11.2. The number of para-hydroxylation sites is 1. The summed E-state index contributed by atoms with van der Waals surface area (Å²) < 4.78 is 1.78. The van der Waals surface area contributed by atoms with E-state index in [2.05, 4.69) is 15.2 Å². The smallest absolute Gasteiger partial charge is 0.125 e. The Bertz CT molecular complexity index is 611. The molecular weight excluding hydrogens is 252 g/mol. The lowest BCUT2D eigenvalue weighted by atomic mass is 9.89. The number of hydrogen-bond acceptors (Lipinski definition) is 4. The first-order valence-electron chi connectivity index (χ1n) is 7.22. The second-order valence-corrected chi connectivity index (χ2v) is 5.73. The SMILES string of the molecule is OC1(c2cnnn2-c2ccccc2)CCN2CCCC21. The highest BCUT2D eigenvalue weighted by molar-refractivity contribution is 5.34. The Morgan fingerprint density at radius 2 is 2.05 bits per heavy atom. The van der Waals surface area contributed by atoms with Crippen LogP contribution in [0.5, 0.6) is 0 Å². The van der Waals surface area contributed by atoms with Crippen molar-refractivity contribution in [3.8, 4) is 5.69 Å². The minimum absolute atomic E-state index is 0.212. The monoisotopic (exact) mass is 270 g/mol. The van der Waals surface area contributed by atoms with Gasteiger partial charge in [-0.25, -0.2) is 4.68 Å². The third-order valence-electron chi connectivity index (χ3n) is 4.69. The number of aliphatic hydroxyl groups is 1. The first-order chi connectivity index (χ1) is 9.79. The fraction of sp³-hybridized carbons (Fsp3) is 0.467. The van der Waals surface area contributed by atoms with E-state index in [0.717, 1.165) is 37.3 Å². The van der Waals surface area contributed by atoms with Crippen molar-refractivity contribution < 1.29 is 5.11 Å². The largest absolute Gasteiger partial charge is 0.382 e. The van der Waals surface area contributed by atoms with Crippen LogP contribution in [0.4, 0.5) is 0 Å². The minimum Gasteiger partial charge on any atom is -0.382 e. The van der Waals surface area contributed by atoms with Gasteiger partial charge in [-0.1, -0.05) is 23.4 Å². The van der Waals surface area contributed by atoms with E-state index in [1.54, 1.807) is 10.9 Å². The Hall–Kier alpha value is -1.72. The molecule has 0 spiro atoms. The van der Waals surface area contributed by atoms with E-state index < -0.39 is 5.60 Å². The van der Waals surface area contributed by atoms with Crippen molar-refractivity contribution in [2.24, 2.45) is 0 Å². The highest BCUT2D eigenvalue weighted by atomic mass is 16.3. The maximum absolute atomic E-state index is 11.2. The fourth-order valence-corrected chi connectivity index (χ4v) is 3.70. The minimum atomic E-state index is -0.824. The van der Waals surface area contributed by atoms with Gasteiger partial charge in [-0.2, -0.15) is 0 Å². The van der Waals surface area contributed by atoms with Gasteiger partial charge < -0.3 is 5.11 Å². The summed E-state index contributed by atoms with van der Waals surface area (Å²) in [7, 11) is 0. The molecule has 5 nitrogen and oxygen atoms in total. The molecule has 0 aliphatic carbocycles. The summed E-state index contributed by atoms with van der Waals surface area (Å²) in [6.07, 6.45) is 4.70. The molecule has 1 aromatic heterocycles. The average molecular weight is 270 g/mol. The predicted molar refractivity (Wildman–Crippen MR) is 74.5 cm³/mol. The second-order valence-electron chi connectivity index (χ2n) is 5.73. The molecule has 5 heteroatoms. The highest BCUT2D eigenvalue weighted by Gasteiger charge is 2.51. The lowest BCUT2D eigenvalue weighted by Crippen LogP contribution is -2.40. The van der Waals surface area contributed by atoms with Crippen molar-refractivity contribution >= 4 is 0 Å². The van der Waals surface area contributed by atoms with Gasteiger partial charge in [-0.3, -0.25) is 4.90 Å². The average Bonchev–Trinajstić information content (AvgIpc) is 3.18. The Morgan fingerprint density at radius 1 is 1.20 bits per heavy atom. The molecule has 2 saturated heterocycles. The Labute approximate surface area is 117 Å². The standard InChI is InChI=1S/C15H18N4O/c20-15(8-10-18-9-4-7-13(15)18)14-11-16-17-19(14)12-5-2-1-3-6-12/h1-3,5-6,11,13,20H,4,7-10H2. The lowest BCUT2D eigenvalue weighted by molar-refractivity contribution is 0.00321. The van der Waals surface area contributed by atoms with Crippen molar-refractivity contribution in [2.45, 2.75) is 30.9 Å². The zero-order chi connectivity index (χ0) is 13.6. The van der Waals surface area contributed by atoms with Crippen molar-refractivity contribution in [1.82, 2.24) is 19.9 Å². The van der Waals surface area contributed by atoms with Gasteiger partial charge >= 0.3 is 0 Å². The molecule has 1 N–H and O–H groups in total. The molecule has 0 amide bonds. The molecule has 3 heterocycles. The van der Waals surface area contributed by atoms with E-state index >= 15 is 0 Å². The molecule has 0 radical (unpaired) electrons. The molecule has 0 saturated carbocycles. The molecule has 2 aliphatic rings. The molecule has 2 unspecified atom stereocenters. The molecule has 2 aromatic rings. The predicted octanol–water partition coefficient (Wildman–Crippen LogP) is 1.32. The van der Waals surface area contributed by atoms with Crippen LogP contribution in [0.25, 0.3) is 5.69 Å². The summed E-state index contributed by atoms with van der Waals surface area (Å²) in [6, 6.07) is 10.1. The van der Waals surface area contributed by atoms with Crippen molar-refractivity contribution in [3.05, 3.63) is 42.2 Å². The quantitative estimate of drug-likeness (QED) is 0.894. The first-order valence-corrected chi connectivity index (χ1v) is 7.22. The van der Waals surface area contributed by atoms with Crippen LogP contribution in [0.3, 0.4) is 0 Å². The van der Waals surface area contributed by atoms with Crippen LogP contribution in [0.1, 0.15) is 25.0 Å². The van der Waals surface area contributed by atoms with E-state index in [1.807, 2.05) is 30.3 Å². The van der Waals surface area contributed by atoms with Crippen LogP contribution in [0, 0.1) is 0 Å². The van der Waals surface area contributed by atoms with Crippen LogP contribution >= 0.6 is 0 Å². The van der Waals surface area contributed by atoms with Crippen LogP contribution in [0.2, 0.25) is 0 Å². The molecule has 20 heavy (non-hydrogen) atoms. The Kier molecular flexibility index (Phi) is 2.65. The van der Waals surface area contributed by atoms with Crippen LogP contribution in [-0.4, -0.2) is 44.1 Å². The van der Waals surface area contributed by atoms with Gasteiger partial charge in [0.05, 0.1) is 17.6 Å². The number of fused-ring (bicyclic) bond motifs is 1. The first kappa shape index (κ1) is 12.1. The van der Waals surface area contributed by atoms with Gasteiger partial charge in [0.1, 0.15) is 5.60 Å². The van der Waals surface area contributed by atoms with Gasteiger partial charge in [-0.05, 0) is 37.9 Å². The van der Waals surface area contributed by atoms with Gasteiger partial charge in [0.2, 0.25) is 0 Å². The van der Waals surface area contributed by atoms with Gasteiger partial charge in [-0.15, -0.1) is 5.10 Å². The molecule has 4 rings (SSSR count). The molecule has 1 aromatic carbocycles. The number of rotatable bonds is 2. The molecule has 104 valence electrons. The molecule has 2 fully saturated rings. The van der Waals surface area contributed by atoms with Crippen LogP contribution in [-0.2, 0) is 5.60 Å². The van der Waals surface area contributed by atoms with Crippen molar-refractivity contribution in [1.29, 1.82) is 0 Å². The summed E-state index contributed by atoms with van der Waals surface area (Å²) in [5.74, 6) is 0. The van der Waals surface area contributed by atoms with Crippen LogP contribution < -0.4 is 0 Å². The van der Waals surface area contributed by atoms with E-state index in [1.165, 1.54) is 6.42 Å². The molecular formula is C15H18N4O. The Morgan fingerprint density at radius 3 is 2.90 bits per heavy atom. The van der Waals surface area contributed by atoms with Gasteiger partial charge in [0.15, 0.2) is 0 Å². The van der Waals surface area contributed by atoms with E-state index in [9.17, 15) is 5.11 Å². The second kappa shape index (κ2) is 4.40. The summed E-state index contributed by atoms with van der Waals surface area (Å²) >= 11 is 0. The van der Waals surface area contributed by atoms with Crippen LogP contribution in [0.15, 0.2) is 36.5 Å². The normalized spacial score (nSPS) is 29.8. The van der Waals surface area contributed by atoms with Gasteiger partial charge in [0.25, 0.3) is 0 Å². The fourth-order valence-electron chi connectivity index (χ4n) is 3.70. The third kappa shape index (κ3) is 1.63. The number of aromatic nitrogens is 3.